The number of thiophene rings is 1. The lowest BCUT2D eigenvalue weighted by Crippen LogP contribution is -2.39. The second-order valence-electron chi connectivity index (χ2n) is 5.44. The Morgan fingerprint density at radius 3 is 2.44 bits per heavy atom. The van der Waals surface area contributed by atoms with Gasteiger partial charge in [-0.1, -0.05) is 20.8 Å². The maximum absolute atomic E-state index is 10.4. The Morgan fingerprint density at radius 2 is 2.00 bits per heavy atom. The molecule has 1 rings (SSSR count). The van der Waals surface area contributed by atoms with Crippen molar-refractivity contribution in [2.45, 2.75) is 39.8 Å². The Hall–Kier alpha value is -0.580. The van der Waals surface area contributed by atoms with Crippen LogP contribution < -0.4 is 10.5 Å². The zero-order valence-corrected chi connectivity index (χ0v) is 11.4. The van der Waals surface area contributed by atoms with E-state index in [0.717, 1.165) is 5.56 Å². The summed E-state index contributed by atoms with van der Waals surface area (Å²) in [6, 6.07) is 0. The second kappa shape index (κ2) is 4.35. The van der Waals surface area contributed by atoms with Crippen LogP contribution in [0.3, 0.4) is 0 Å². The highest BCUT2D eigenvalue weighted by Gasteiger charge is 2.34. The summed E-state index contributed by atoms with van der Waals surface area (Å²) < 4.78 is 5.29. The Labute approximate surface area is 101 Å². The molecule has 1 aromatic rings. The number of aliphatic hydroxyl groups is 1. The standard InChI is InChI=1S/C12H21NO2S/c1-8-6-16-10(9(8)15-5)12(13,14)7-11(2,3)4/h6,14H,7,13H2,1-5H3. The van der Waals surface area contributed by atoms with Crippen LogP contribution in [0.15, 0.2) is 5.38 Å². The molecule has 0 saturated heterocycles. The van der Waals surface area contributed by atoms with Crippen LogP contribution in [-0.4, -0.2) is 12.2 Å². The number of hydrogen-bond acceptors (Lipinski definition) is 4. The van der Waals surface area contributed by atoms with Crippen molar-refractivity contribution < 1.29 is 9.84 Å². The van der Waals surface area contributed by atoms with Gasteiger partial charge >= 0.3 is 0 Å². The Balaban J connectivity index is 3.06. The normalized spacial score (nSPS) is 15.9. The molecule has 3 N–H and O–H groups in total. The number of nitrogens with two attached hydrogens (primary N) is 1. The Morgan fingerprint density at radius 1 is 1.44 bits per heavy atom. The predicted molar refractivity (Wildman–Crippen MR) is 67.8 cm³/mol. The first kappa shape index (κ1) is 13.5. The lowest BCUT2D eigenvalue weighted by Gasteiger charge is -2.30. The summed E-state index contributed by atoms with van der Waals surface area (Å²) in [5, 5.41) is 12.3. The van der Waals surface area contributed by atoms with E-state index in [0.29, 0.717) is 17.0 Å². The minimum Gasteiger partial charge on any atom is -0.495 e. The number of methoxy groups -OCH3 is 1. The SMILES string of the molecule is COc1c(C)csc1C(N)(O)CC(C)(C)C. The van der Waals surface area contributed by atoms with Crippen molar-refractivity contribution >= 4 is 11.3 Å². The fourth-order valence-electron chi connectivity index (χ4n) is 1.87. The van der Waals surface area contributed by atoms with Gasteiger partial charge in [0, 0.05) is 5.56 Å². The summed E-state index contributed by atoms with van der Waals surface area (Å²) in [6.45, 7) is 8.11. The predicted octanol–water partition coefficient (Wildman–Crippen LogP) is 2.61. The molecule has 16 heavy (non-hydrogen) atoms. The van der Waals surface area contributed by atoms with Crippen LogP contribution in [0.1, 0.15) is 37.6 Å². The van der Waals surface area contributed by atoms with Crippen molar-refractivity contribution in [2.75, 3.05) is 7.11 Å². The highest BCUT2D eigenvalue weighted by atomic mass is 32.1. The Bertz CT molecular complexity index is 364. The first-order valence-electron chi connectivity index (χ1n) is 5.31. The fourth-order valence-corrected chi connectivity index (χ4v) is 2.90. The molecule has 1 aromatic heterocycles. The van der Waals surface area contributed by atoms with Crippen molar-refractivity contribution in [2.24, 2.45) is 11.1 Å². The molecule has 92 valence electrons. The average Bonchev–Trinajstić information content (AvgIpc) is 2.42. The van der Waals surface area contributed by atoms with Gasteiger partial charge in [0.15, 0.2) is 5.72 Å². The van der Waals surface area contributed by atoms with Crippen molar-refractivity contribution in [3.63, 3.8) is 0 Å². The lowest BCUT2D eigenvalue weighted by molar-refractivity contribution is 0.00448. The molecule has 1 unspecified atom stereocenters. The lowest BCUT2D eigenvalue weighted by atomic mass is 9.85. The van der Waals surface area contributed by atoms with Gasteiger partial charge in [-0.15, -0.1) is 11.3 Å². The topological polar surface area (TPSA) is 55.5 Å². The number of aryl methyl sites for hydroxylation is 1. The van der Waals surface area contributed by atoms with Crippen LogP contribution >= 0.6 is 11.3 Å². The third-order valence-electron chi connectivity index (χ3n) is 2.32. The number of rotatable bonds is 3. The van der Waals surface area contributed by atoms with E-state index >= 15 is 0 Å². The van der Waals surface area contributed by atoms with Gasteiger partial charge in [-0.05, 0) is 24.1 Å². The van der Waals surface area contributed by atoms with Gasteiger partial charge in [0.25, 0.3) is 0 Å². The smallest absolute Gasteiger partial charge is 0.153 e. The van der Waals surface area contributed by atoms with Gasteiger partial charge < -0.3 is 9.84 Å². The van der Waals surface area contributed by atoms with E-state index in [1.807, 2.05) is 12.3 Å². The van der Waals surface area contributed by atoms with Gasteiger partial charge in [-0.2, -0.15) is 0 Å². The molecule has 0 aliphatic carbocycles. The number of ether oxygens (including phenoxy) is 1. The molecule has 0 bridgehead atoms. The van der Waals surface area contributed by atoms with E-state index in [9.17, 15) is 5.11 Å². The molecule has 1 atom stereocenters. The molecular weight excluding hydrogens is 222 g/mol. The molecule has 0 aliphatic rings. The van der Waals surface area contributed by atoms with E-state index in [1.165, 1.54) is 11.3 Å². The van der Waals surface area contributed by atoms with E-state index in [2.05, 4.69) is 20.8 Å². The van der Waals surface area contributed by atoms with Crippen LogP contribution in [0.4, 0.5) is 0 Å². The zero-order valence-electron chi connectivity index (χ0n) is 10.6. The molecule has 3 nitrogen and oxygen atoms in total. The second-order valence-corrected chi connectivity index (χ2v) is 6.32. The molecule has 0 radical (unpaired) electrons. The molecular formula is C12H21NO2S. The molecule has 0 aliphatic heterocycles. The zero-order chi connectivity index (χ0) is 12.6. The van der Waals surface area contributed by atoms with Gasteiger partial charge in [0.1, 0.15) is 5.75 Å². The van der Waals surface area contributed by atoms with Crippen LogP contribution in [0, 0.1) is 12.3 Å². The molecule has 0 spiro atoms. The minimum absolute atomic E-state index is 0.0353. The van der Waals surface area contributed by atoms with E-state index in [1.54, 1.807) is 7.11 Å². The van der Waals surface area contributed by atoms with Crippen LogP contribution in [0.5, 0.6) is 5.75 Å². The summed E-state index contributed by atoms with van der Waals surface area (Å²) in [7, 11) is 1.60. The number of hydrogen-bond donors (Lipinski definition) is 2. The van der Waals surface area contributed by atoms with Gasteiger partial charge in [0.05, 0.1) is 12.0 Å². The summed E-state index contributed by atoms with van der Waals surface area (Å²) in [5.41, 5.74) is 5.66. The fraction of sp³-hybridized carbons (Fsp3) is 0.667. The molecule has 0 saturated carbocycles. The minimum atomic E-state index is -1.32. The summed E-state index contributed by atoms with van der Waals surface area (Å²) in [4.78, 5) is 0.711. The highest BCUT2D eigenvalue weighted by Crippen LogP contribution is 2.40. The first-order chi connectivity index (χ1) is 7.17. The summed E-state index contributed by atoms with van der Waals surface area (Å²) in [6.07, 6.45) is 0.496. The van der Waals surface area contributed by atoms with Crippen molar-refractivity contribution in [1.82, 2.24) is 0 Å². The first-order valence-corrected chi connectivity index (χ1v) is 6.19. The van der Waals surface area contributed by atoms with Gasteiger partial charge in [-0.25, -0.2) is 0 Å². The summed E-state index contributed by atoms with van der Waals surface area (Å²) >= 11 is 1.45. The van der Waals surface area contributed by atoms with E-state index in [-0.39, 0.29) is 5.41 Å². The van der Waals surface area contributed by atoms with Gasteiger partial charge in [-0.3, -0.25) is 5.73 Å². The molecule has 0 amide bonds. The quantitative estimate of drug-likeness (QED) is 0.802. The molecule has 1 heterocycles. The van der Waals surface area contributed by atoms with Crippen LogP contribution in [-0.2, 0) is 5.72 Å². The average molecular weight is 243 g/mol. The van der Waals surface area contributed by atoms with Crippen LogP contribution in [0.2, 0.25) is 0 Å². The maximum atomic E-state index is 10.4. The third kappa shape index (κ3) is 2.97. The molecule has 4 heteroatoms. The summed E-state index contributed by atoms with van der Waals surface area (Å²) in [5.74, 6) is 0.708. The molecule has 0 fully saturated rings. The Kier molecular flexibility index (Phi) is 3.67. The largest absolute Gasteiger partial charge is 0.495 e. The van der Waals surface area contributed by atoms with Crippen molar-refractivity contribution in [3.05, 3.63) is 15.8 Å². The van der Waals surface area contributed by atoms with E-state index < -0.39 is 5.72 Å². The monoisotopic (exact) mass is 243 g/mol. The highest BCUT2D eigenvalue weighted by molar-refractivity contribution is 7.10. The van der Waals surface area contributed by atoms with Crippen molar-refractivity contribution in [3.8, 4) is 5.75 Å². The third-order valence-corrected chi connectivity index (χ3v) is 3.56. The maximum Gasteiger partial charge on any atom is 0.153 e. The van der Waals surface area contributed by atoms with E-state index in [4.69, 9.17) is 10.5 Å². The van der Waals surface area contributed by atoms with Crippen molar-refractivity contribution in [1.29, 1.82) is 0 Å². The van der Waals surface area contributed by atoms with Gasteiger partial charge in [0.2, 0.25) is 0 Å². The molecule has 0 aromatic carbocycles. The van der Waals surface area contributed by atoms with Crippen LogP contribution in [0.25, 0.3) is 0 Å².